The third-order valence-corrected chi connectivity index (χ3v) is 4.89. The molecule has 2 N–H and O–H groups in total. The van der Waals surface area contributed by atoms with E-state index in [4.69, 9.17) is 5.73 Å². The molecule has 4 nitrogen and oxygen atoms in total. The Hall–Kier alpha value is -1.88. The summed E-state index contributed by atoms with van der Waals surface area (Å²) in [6.45, 7) is 1.08. The van der Waals surface area contributed by atoms with E-state index in [0.29, 0.717) is 35.8 Å². The molecule has 1 fully saturated rings. The average Bonchev–Trinajstić information content (AvgIpc) is 2.46. The maximum atomic E-state index is 12.5. The summed E-state index contributed by atoms with van der Waals surface area (Å²) in [7, 11) is -0.787. The lowest BCUT2D eigenvalue weighted by Crippen LogP contribution is -2.42. The Morgan fingerprint density at radius 1 is 1.10 bits per heavy atom. The molecule has 2 aromatic rings. The molecule has 104 valence electrons. The molecule has 2 aromatic carbocycles. The molecule has 5 heteroatoms. The summed E-state index contributed by atoms with van der Waals surface area (Å²) in [5.74, 6) is 1.04. The maximum Gasteiger partial charge on any atom is 0.256 e. The van der Waals surface area contributed by atoms with Gasteiger partial charge < -0.3 is 10.6 Å². The lowest BCUT2D eigenvalue weighted by Gasteiger charge is -2.27. The standard InChI is InChI=1S/C15H16N2O2S/c16-14-10-12-4-2-1-3-11(12)9-13(14)15(18)17-5-7-20(19)8-6-17/h1-4,9-10H,5-8,16H2. The summed E-state index contributed by atoms with van der Waals surface area (Å²) in [6.07, 6.45) is 0. The number of anilines is 1. The number of benzene rings is 2. The van der Waals surface area contributed by atoms with Crippen molar-refractivity contribution in [3.05, 3.63) is 42.0 Å². The van der Waals surface area contributed by atoms with Crippen molar-refractivity contribution in [1.82, 2.24) is 4.90 Å². The van der Waals surface area contributed by atoms with Gasteiger partial charge in [0, 0.05) is 41.1 Å². The Balaban J connectivity index is 1.94. The minimum Gasteiger partial charge on any atom is -0.398 e. The van der Waals surface area contributed by atoms with Crippen molar-refractivity contribution in [3.8, 4) is 0 Å². The van der Waals surface area contributed by atoms with Gasteiger partial charge in [-0.05, 0) is 22.9 Å². The second kappa shape index (κ2) is 5.25. The van der Waals surface area contributed by atoms with E-state index in [0.717, 1.165) is 10.8 Å². The van der Waals surface area contributed by atoms with E-state index >= 15 is 0 Å². The largest absolute Gasteiger partial charge is 0.398 e. The number of fused-ring (bicyclic) bond motifs is 1. The topological polar surface area (TPSA) is 63.4 Å². The normalized spacial score (nSPS) is 16.5. The molecular formula is C15H16N2O2S. The minimum atomic E-state index is -0.787. The SMILES string of the molecule is Nc1cc2ccccc2cc1C(=O)N1CCS(=O)CC1. The molecule has 0 spiro atoms. The first-order chi connectivity index (χ1) is 9.65. The van der Waals surface area contributed by atoms with Crippen LogP contribution in [-0.2, 0) is 10.8 Å². The van der Waals surface area contributed by atoms with Crippen LogP contribution in [0.3, 0.4) is 0 Å². The number of nitrogen functional groups attached to an aromatic ring is 1. The summed E-state index contributed by atoms with van der Waals surface area (Å²) in [6, 6.07) is 11.5. The summed E-state index contributed by atoms with van der Waals surface area (Å²) < 4.78 is 11.4. The number of nitrogens with two attached hydrogens (primary N) is 1. The van der Waals surface area contributed by atoms with Gasteiger partial charge in [-0.3, -0.25) is 9.00 Å². The summed E-state index contributed by atoms with van der Waals surface area (Å²) in [5.41, 5.74) is 7.05. The van der Waals surface area contributed by atoms with Crippen molar-refractivity contribution in [2.75, 3.05) is 30.3 Å². The molecule has 20 heavy (non-hydrogen) atoms. The zero-order valence-corrected chi connectivity index (χ0v) is 11.9. The second-order valence-electron chi connectivity index (χ2n) is 4.93. The first-order valence-corrected chi connectivity index (χ1v) is 8.06. The Bertz CT molecular complexity index is 689. The van der Waals surface area contributed by atoms with E-state index < -0.39 is 10.8 Å². The van der Waals surface area contributed by atoms with Crippen LogP contribution in [0, 0.1) is 0 Å². The highest BCUT2D eigenvalue weighted by molar-refractivity contribution is 7.85. The van der Waals surface area contributed by atoms with Crippen molar-refractivity contribution >= 4 is 33.2 Å². The smallest absolute Gasteiger partial charge is 0.256 e. The predicted octanol–water partition coefficient (Wildman–Crippen LogP) is 1.63. The summed E-state index contributed by atoms with van der Waals surface area (Å²) in [4.78, 5) is 14.3. The first kappa shape index (κ1) is 13.1. The Kier molecular flexibility index (Phi) is 3.44. The number of hydrogen-bond acceptors (Lipinski definition) is 3. The van der Waals surface area contributed by atoms with Crippen LogP contribution in [0.15, 0.2) is 36.4 Å². The van der Waals surface area contributed by atoms with Crippen LogP contribution in [-0.4, -0.2) is 39.6 Å². The fourth-order valence-corrected chi connectivity index (χ4v) is 3.51. The van der Waals surface area contributed by atoms with Crippen LogP contribution in [0.2, 0.25) is 0 Å². The summed E-state index contributed by atoms with van der Waals surface area (Å²) in [5, 5.41) is 2.03. The van der Waals surface area contributed by atoms with Crippen LogP contribution in [0.25, 0.3) is 10.8 Å². The lowest BCUT2D eigenvalue weighted by molar-refractivity contribution is 0.0772. The quantitative estimate of drug-likeness (QED) is 0.811. The van der Waals surface area contributed by atoms with Gasteiger partial charge in [-0.15, -0.1) is 0 Å². The van der Waals surface area contributed by atoms with Gasteiger partial charge in [-0.25, -0.2) is 0 Å². The fourth-order valence-electron chi connectivity index (χ4n) is 2.45. The van der Waals surface area contributed by atoms with Gasteiger partial charge in [0.1, 0.15) is 0 Å². The molecule has 1 aliphatic heterocycles. The highest BCUT2D eigenvalue weighted by atomic mass is 32.2. The van der Waals surface area contributed by atoms with Gasteiger partial charge in [0.25, 0.3) is 5.91 Å². The molecule has 0 unspecified atom stereocenters. The zero-order chi connectivity index (χ0) is 14.1. The fraction of sp³-hybridized carbons (Fsp3) is 0.267. The summed E-state index contributed by atoms with van der Waals surface area (Å²) >= 11 is 0. The van der Waals surface area contributed by atoms with E-state index in [9.17, 15) is 9.00 Å². The predicted molar refractivity (Wildman–Crippen MR) is 82.1 cm³/mol. The third kappa shape index (κ3) is 2.41. The molecule has 0 aromatic heterocycles. The maximum absolute atomic E-state index is 12.5. The molecule has 0 atom stereocenters. The van der Waals surface area contributed by atoms with E-state index in [1.165, 1.54) is 0 Å². The van der Waals surface area contributed by atoms with E-state index in [-0.39, 0.29) is 5.91 Å². The lowest BCUT2D eigenvalue weighted by atomic mass is 10.0. The van der Waals surface area contributed by atoms with Crippen LogP contribution < -0.4 is 5.73 Å². The molecule has 1 saturated heterocycles. The molecule has 0 radical (unpaired) electrons. The molecule has 0 bridgehead atoms. The van der Waals surface area contributed by atoms with Gasteiger partial charge in [-0.1, -0.05) is 24.3 Å². The zero-order valence-electron chi connectivity index (χ0n) is 11.0. The van der Waals surface area contributed by atoms with Crippen LogP contribution in [0.1, 0.15) is 10.4 Å². The van der Waals surface area contributed by atoms with Gasteiger partial charge in [0.2, 0.25) is 0 Å². The number of nitrogens with zero attached hydrogens (tertiary/aromatic N) is 1. The molecule has 1 aliphatic rings. The van der Waals surface area contributed by atoms with Crippen LogP contribution >= 0.6 is 0 Å². The number of carbonyl (C=O) groups excluding carboxylic acids is 1. The number of amides is 1. The molecule has 1 heterocycles. The van der Waals surface area contributed by atoms with E-state index in [1.54, 1.807) is 4.90 Å². The third-order valence-electron chi connectivity index (χ3n) is 3.61. The first-order valence-electron chi connectivity index (χ1n) is 6.57. The second-order valence-corrected chi connectivity index (χ2v) is 6.62. The molecular weight excluding hydrogens is 272 g/mol. The van der Waals surface area contributed by atoms with Crippen molar-refractivity contribution in [2.24, 2.45) is 0 Å². The van der Waals surface area contributed by atoms with Gasteiger partial charge in [0.15, 0.2) is 0 Å². The minimum absolute atomic E-state index is 0.0649. The average molecular weight is 288 g/mol. The van der Waals surface area contributed by atoms with Crippen molar-refractivity contribution in [3.63, 3.8) is 0 Å². The van der Waals surface area contributed by atoms with Crippen molar-refractivity contribution in [2.45, 2.75) is 0 Å². The van der Waals surface area contributed by atoms with Gasteiger partial charge in [0.05, 0.1) is 5.56 Å². The highest BCUT2D eigenvalue weighted by Gasteiger charge is 2.22. The molecule has 1 amide bonds. The van der Waals surface area contributed by atoms with Crippen molar-refractivity contribution in [1.29, 1.82) is 0 Å². The van der Waals surface area contributed by atoms with E-state index in [1.807, 2.05) is 36.4 Å². The van der Waals surface area contributed by atoms with E-state index in [2.05, 4.69) is 0 Å². The molecule has 0 saturated carbocycles. The Labute approximate surface area is 120 Å². The number of hydrogen-bond donors (Lipinski definition) is 1. The van der Waals surface area contributed by atoms with Crippen LogP contribution in [0.4, 0.5) is 5.69 Å². The number of carbonyl (C=O) groups is 1. The number of rotatable bonds is 1. The molecule has 3 rings (SSSR count). The Morgan fingerprint density at radius 2 is 1.70 bits per heavy atom. The van der Waals surface area contributed by atoms with Gasteiger partial charge in [-0.2, -0.15) is 0 Å². The molecule has 0 aliphatic carbocycles. The monoisotopic (exact) mass is 288 g/mol. The Morgan fingerprint density at radius 3 is 2.35 bits per heavy atom. The highest BCUT2D eigenvalue weighted by Crippen LogP contribution is 2.23. The van der Waals surface area contributed by atoms with Gasteiger partial charge >= 0.3 is 0 Å². The van der Waals surface area contributed by atoms with Crippen molar-refractivity contribution < 1.29 is 9.00 Å². The van der Waals surface area contributed by atoms with Crippen LogP contribution in [0.5, 0.6) is 0 Å².